The highest BCUT2D eigenvalue weighted by atomic mass is 79.9. The van der Waals surface area contributed by atoms with Gasteiger partial charge in [0.15, 0.2) is 5.79 Å². The van der Waals surface area contributed by atoms with Crippen molar-refractivity contribution in [1.82, 2.24) is 10.3 Å². The topological polar surface area (TPSA) is 200 Å². The summed E-state index contributed by atoms with van der Waals surface area (Å²) < 4.78 is 22.4. The fourth-order valence-electron chi connectivity index (χ4n) is 4.06. The molecule has 35 heavy (non-hydrogen) atoms. The van der Waals surface area contributed by atoms with Crippen LogP contribution in [0.25, 0.3) is 10.9 Å². The summed E-state index contributed by atoms with van der Waals surface area (Å²) in [7, 11) is 2.00. The second kappa shape index (κ2) is 9.99. The molecule has 194 valence electrons. The summed E-state index contributed by atoms with van der Waals surface area (Å²) in [6.07, 6.45) is -3.59. The number of aromatic nitrogens is 1. The van der Waals surface area contributed by atoms with Crippen molar-refractivity contribution in [2.24, 2.45) is 0 Å². The van der Waals surface area contributed by atoms with Crippen molar-refractivity contribution < 1.29 is 54.1 Å². The Hall–Kier alpha value is -2.30. The van der Waals surface area contributed by atoms with E-state index >= 15 is 0 Å². The Kier molecular flexibility index (Phi) is 7.79. The van der Waals surface area contributed by atoms with Crippen LogP contribution < -0.4 is 10.1 Å². The minimum Gasteiger partial charge on any atom is -0.476 e. The Morgan fingerprint density at radius 2 is 2.09 bits per heavy atom. The monoisotopic (exact) mass is 562 g/mol. The number of aliphatic carboxylic acids is 1. The molecular weight excluding hydrogens is 536 g/mol. The molecule has 0 bridgehead atoms. The van der Waals surface area contributed by atoms with E-state index in [1.165, 1.54) is 6.20 Å². The summed E-state index contributed by atoms with van der Waals surface area (Å²) in [5.41, 5.74) is 0.596. The van der Waals surface area contributed by atoms with Crippen LogP contribution in [0, 0.1) is 0 Å². The number of ether oxygens (including phenoxy) is 4. The summed E-state index contributed by atoms with van der Waals surface area (Å²) >= 11 is 3.33. The summed E-state index contributed by atoms with van der Waals surface area (Å²) in [6.45, 7) is 0.0562. The molecule has 0 aliphatic carbocycles. The average molecular weight is 563 g/mol. The molecule has 3 rings (SSSR count). The lowest BCUT2D eigenvalue weighted by Crippen LogP contribution is -2.77. The van der Waals surface area contributed by atoms with Crippen molar-refractivity contribution in [3.05, 3.63) is 28.9 Å². The van der Waals surface area contributed by atoms with Gasteiger partial charge in [-0.3, -0.25) is 4.79 Å². The standard InChI is InChI=1S/C21H27BrN2O11/c1-10(26)24-16-17(21(31,33-3)15(27)8-25)35-20(18(28)29,9-19(16,30)32-2)34-14-7-23-13-5-4-11(22)6-12(13)14/h4-7,15-17,23,25,27,30-31H,8-9H2,1-3H3,(H,24,26)(H,28,29)/t15-,16+,17-,19-,20+,21+/m1/s1. The lowest BCUT2D eigenvalue weighted by molar-refractivity contribution is -0.396. The molecule has 0 unspecified atom stereocenters. The molecule has 1 aliphatic heterocycles. The zero-order valence-electron chi connectivity index (χ0n) is 19.0. The number of fused-ring (bicyclic) bond motifs is 1. The van der Waals surface area contributed by atoms with Crippen LogP contribution in [0.15, 0.2) is 28.9 Å². The Morgan fingerprint density at radius 1 is 1.40 bits per heavy atom. The number of carbonyl (C=O) groups is 2. The Bertz CT molecular complexity index is 1100. The first-order valence-electron chi connectivity index (χ1n) is 10.3. The molecule has 7 N–H and O–H groups in total. The molecule has 1 aromatic heterocycles. The van der Waals surface area contributed by atoms with Gasteiger partial charge in [-0.25, -0.2) is 4.79 Å². The number of carboxylic acids is 1. The van der Waals surface area contributed by atoms with E-state index in [9.17, 15) is 35.1 Å². The van der Waals surface area contributed by atoms with Gasteiger partial charge in [0.25, 0.3) is 0 Å². The van der Waals surface area contributed by atoms with Crippen molar-refractivity contribution in [3.8, 4) is 5.75 Å². The first kappa shape index (κ1) is 27.3. The van der Waals surface area contributed by atoms with Gasteiger partial charge in [-0.05, 0) is 18.2 Å². The van der Waals surface area contributed by atoms with Crippen LogP contribution in [0.3, 0.4) is 0 Å². The van der Waals surface area contributed by atoms with Gasteiger partial charge in [-0.2, -0.15) is 0 Å². The van der Waals surface area contributed by atoms with Crippen molar-refractivity contribution >= 4 is 38.7 Å². The normalized spacial score (nSPS) is 29.4. The van der Waals surface area contributed by atoms with Gasteiger partial charge in [0.1, 0.15) is 24.0 Å². The van der Waals surface area contributed by atoms with Crippen molar-refractivity contribution in [1.29, 1.82) is 0 Å². The third-order valence-corrected chi connectivity index (χ3v) is 6.39. The van der Waals surface area contributed by atoms with Crippen LogP contribution in [0.2, 0.25) is 0 Å². The molecule has 2 aromatic rings. The summed E-state index contributed by atoms with van der Waals surface area (Å²) in [5, 5.41) is 55.3. The van der Waals surface area contributed by atoms with Crippen LogP contribution in [0.1, 0.15) is 13.3 Å². The number of benzene rings is 1. The highest BCUT2D eigenvalue weighted by molar-refractivity contribution is 9.10. The third-order valence-electron chi connectivity index (χ3n) is 5.90. The average Bonchev–Trinajstić information content (AvgIpc) is 3.20. The van der Waals surface area contributed by atoms with Gasteiger partial charge < -0.3 is 54.8 Å². The summed E-state index contributed by atoms with van der Waals surface area (Å²) in [6, 6.07) is 3.44. The number of carbonyl (C=O) groups excluding carboxylic acids is 1. The van der Waals surface area contributed by atoms with Gasteiger partial charge >= 0.3 is 11.8 Å². The minimum absolute atomic E-state index is 0.0162. The summed E-state index contributed by atoms with van der Waals surface area (Å²) in [5.74, 6) is -10.5. The molecule has 2 heterocycles. The molecule has 6 atom stereocenters. The second-order valence-corrected chi connectivity index (χ2v) is 9.02. The van der Waals surface area contributed by atoms with E-state index < -0.39 is 60.5 Å². The number of amides is 1. The maximum Gasteiger partial charge on any atom is 0.377 e. The summed E-state index contributed by atoms with van der Waals surface area (Å²) in [4.78, 5) is 27.4. The van der Waals surface area contributed by atoms with Crippen LogP contribution in [0.4, 0.5) is 0 Å². The van der Waals surface area contributed by atoms with E-state index in [1.807, 2.05) is 0 Å². The van der Waals surface area contributed by atoms with Gasteiger partial charge in [-0.15, -0.1) is 0 Å². The number of nitrogens with one attached hydrogen (secondary N) is 2. The number of methoxy groups -OCH3 is 2. The minimum atomic E-state index is -2.83. The van der Waals surface area contributed by atoms with Crippen molar-refractivity contribution in [2.45, 2.75) is 49.0 Å². The van der Waals surface area contributed by atoms with Crippen LogP contribution in [-0.2, 0) is 23.8 Å². The van der Waals surface area contributed by atoms with E-state index in [0.717, 1.165) is 21.1 Å². The Morgan fingerprint density at radius 3 is 2.63 bits per heavy atom. The molecule has 1 amide bonds. The maximum atomic E-state index is 12.6. The molecule has 0 spiro atoms. The molecule has 1 aromatic carbocycles. The molecule has 1 aliphatic rings. The number of aliphatic hydroxyl groups is 4. The highest BCUT2D eigenvalue weighted by Crippen LogP contribution is 2.44. The molecule has 1 saturated heterocycles. The first-order valence-corrected chi connectivity index (χ1v) is 11.1. The maximum absolute atomic E-state index is 12.6. The van der Waals surface area contributed by atoms with E-state index in [2.05, 4.69) is 26.2 Å². The largest absolute Gasteiger partial charge is 0.476 e. The number of H-pyrrole nitrogens is 1. The number of aliphatic hydroxyl groups excluding tert-OH is 2. The zero-order valence-corrected chi connectivity index (χ0v) is 20.6. The Labute approximate surface area is 207 Å². The second-order valence-electron chi connectivity index (χ2n) is 8.10. The molecule has 14 heteroatoms. The van der Waals surface area contributed by atoms with Gasteiger partial charge in [0.05, 0.1) is 13.0 Å². The van der Waals surface area contributed by atoms with Gasteiger partial charge in [0.2, 0.25) is 11.7 Å². The van der Waals surface area contributed by atoms with Crippen LogP contribution in [0.5, 0.6) is 5.75 Å². The number of hydrogen-bond donors (Lipinski definition) is 7. The van der Waals surface area contributed by atoms with E-state index in [0.29, 0.717) is 15.4 Å². The van der Waals surface area contributed by atoms with Crippen molar-refractivity contribution in [2.75, 3.05) is 20.8 Å². The van der Waals surface area contributed by atoms with Gasteiger partial charge in [0, 0.05) is 42.7 Å². The van der Waals surface area contributed by atoms with E-state index in [4.69, 9.17) is 18.9 Å². The smallest absolute Gasteiger partial charge is 0.377 e. The number of carboxylic acid groups (broad SMARTS) is 1. The highest BCUT2D eigenvalue weighted by Gasteiger charge is 2.67. The van der Waals surface area contributed by atoms with Gasteiger partial charge in [-0.1, -0.05) is 15.9 Å². The third kappa shape index (κ3) is 4.88. The SMILES string of the molecule is CO[C@@](O)([C@H](O)CO)[C@@H]1O[C@](Oc2c[nH]c3ccc(Br)cc23)(C(=O)O)C[C@@](O)(OC)[C@H]1NC(C)=O. The molecule has 13 nitrogen and oxygen atoms in total. The Balaban J connectivity index is 2.19. The van der Waals surface area contributed by atoms with Crippen LogP contribution in [-0.4, -0.2) is 98.8 Å². The zero-order chi connectivity index (χ0) is 26.2. The van der Waals surface area contributed by atoms with E-state index in [-0.39, 0.29) is 5.75 Å². The van der Waals surface area contributed by atoms with Crippen LogP contribution >= 0.6 is 15.9 Å². The first-order chi connectivity index (χ1) is 16.4. The molecular formula is C21H27BrN2O11. The number of rotatable bonds is 9. The van der Waals surface area contributed by atoms with Crippen molar-refractivity contribution in [3.63, 3.8) is 0 Å². The predicted molar refractivity (Wildman–Crippen MR) is 121 cm³/mol. The number of hydrogen-bond acceptors (Lipinski definition) is 10. The molecule has 0 saturated carbocycles. The van der Waals surface area contributed by atoms with E-state index in [1.54, 1.807) is 18.2 Å². The number of halogens is 1. The quantitative estimate of drug-likeness (QED) is 0.192. The lowest BCUT2D eigenvalue weighted by atomic mass is 9.83. The molecule has 0 radical (unpaired) electrons. The fraction of sp³-hybridized carbons (Fsp3) is 0.524. The molecule has 1 fully saturated rings. The number of aromatic amines is 1. The fourth-order valence-corrected chi connectivity index (χ4v) is 4.42. The predicted octanol–water partition coefficient (Wildman–Crippen LogP) is -0.593. The lowest BCUT2D eigenvalue weighted by Gasteiger charge is -2.53.